The van der Waals surface area contributed by atoms with Gasteiger partial charge in [-0.3, -0.25) is 4.79 Å². The van der Waals surface area contributed by atoms with Crippen LogP contribution >= 0.6 is 0 Å². The van der Waals surface area contributed by atoms with E-state index in [9.17, 15) is 18.0 Å². The molecule has 0 aliphatic rings. The predicted octanol–water partition coefficient (Wildman–Crippen LogP) is 5.09. The van der Waals surface area contributed by atoms with Gasteiger partial charge in [0.25, 0.3) is 0 Å². The Labute approximate surface area is 125 Å². The molecular weight excluding hydrogens is 289 g/mol. The van der Waals surface area contributed by atoms with Crippen LogP contribution in [-0.4, -0.2) is 5.78 Å². The number of carbonyl (C=O) groups excluding carboxylic acids is 1. The minimum absolute atomic E-state index is 0.239. The molecule has 3 aromatic carbocycles. The molecule has 0 heterocycles. The first kappa shape index (κ1) is 14.3. The average molecular weight is 300 g/mol. The molecule has 0 fully saturated rings. The van der Waals surface area contributed by atoms with Gasteiger partial charge < -0.3 is 0 Å². The lowest BCUT2D eigenvalue weighted by Crippen LogP contribution is -2.14. The number of hydrogen-bond donors (Lipinski definition) is 0. The monoisotopic (exact) mass is 300 g/mol. The number of fused-ring (bicyclic) bond motifs is 1. The van der Waals surface area contributed by atoms with Crippen molar-refractivity contribution >= 4 is 16.6 Å². The Kier molecular flexibility index (Phi) is 3.45. The molecule has 0 saturated heterocycles. The summed E-state index contributed by atoms with van der Waals surface area (Å²) in [7, 11) is 0. The third-order valence-electron chi connectivity index (χ3n) is 3.47. The zero-order valence-electron chi connectivity index (χ0n) is 11.4. The van der Waals surface area contributed by atoms with Crippen LogP contribution < -0.4 is 0 Å². The van der Waals surface area contributed by atoms with Gasteiger partial charge in [-0.2, -0.15) is 13.2 Å². The number of carbonyl (C=O) groups is 1. The normalized spacial score (nSPS) is 11.6. The van der Waals surface area contributed by atoms with E-state index in [-0.39, 0.29) is 11.1 Å². The summed E-state index contributed by atoms with van der Waals surface area (Å²) in [5, 5.41) is 1.06. The summed E-state index contributed by atoms with van der Waals surface area (Å²) in [6.07, 6.45) is -4.58. The number of benzene rings is 3. The van der Waals surface area contributed by atoms with Gasteiger partial charge in [0, 0.05) is 11.1 Å². The molecule has 0 radical (unpaired) electrons. The minimum Gasteiger partial charge on any atom is -0.289 e. The Morgan fingerprint density at radius 2 is 1.32 bits per heavy atom. The smallest absolute Gasteiger partial charge is 0.289 e. The zero-order valence-corrected chi connectivity index (χ0v) is 11.4. The van der Waals surface area contributed by atoms with Gasteiger partial charge >= 0.3 is 6.18 Å². The third kappa shape index (κ3) is 2.60. The first-order valence-electron chi connectivity index (χ1n) is 6.66. The van der Waals surface area contributed by atoms with Crippen molar-refractivity contribution in [1.29, 1.82) is 0 Å². The van der Waals surface area contributed by atoms with Crippen molar-refractivity contribution in [2.45, 2.75) is 6.18 Å². The van der Waals surface area contributed by atoms with Crippen LogP contribution in [0.2, 0.25) is 0 Å². The Hall–Kier alpha value is -2.62. The molecule has 0 aromatic heterocycles. The molecule has 3 rings (SSSR count). The van der Waals surface area contributed by atoms with Crippen LogP contribution in [0.1, 0.15) is 21.5 Å². The average Bonchev–Trinajstić information content (AvgIpc) is 2.53. The molecule has 0 amide bonds. The van der Waals surface area contributed by atoms with Crippen LogP contribution in [0, 0.1) is 0 Å². The van der Waals surface area contributed by atoms with E-state index in [0.29, 0.717) is 10.8 Å². The maximum Gasteiger partial charge on any atom is 0.417 e. The van der Waals surface area contributed by atoms with E-state index in [0.717, 1.165) is 6.07 Å². The quantitative estimate of drug-likeness (QED) is 0.602. The van der Waals surface area contributed by atoms with Crippen molar-refractivity contribution in [2.75, 3.05) is 0 Å². The number of hydrogen-bond acceptors (Lipinski definition) is 1. The van der Waals surface area contributed by atoms with E-state index < -0.39 is 17.5 Å². The highest BCUT2D eigenvalue weighted by Gasteiger charge is 2.35. The van der Waals surface area contributed by atoms with Crippen LogP contribution in [0.15, 0.2) is 66.7 Å². The van der Waals surface area contributed by atoms with Gasteiger partial charge in [-0.1, -0.05) is 54.6 Å². The fourth-order valence-electron chi connectivity index (χ4n) is 2.41. The maximum atomic E-state index is 13.3. The summed E-state index contributed by atoms with van der Waals surface area (Å²) in [5.41, 5.74) is -0.985. The number of alkyl halides is 3. The van der Waals surface area contributed by atoms with Crippen LogP contribution in [0.3, 0.4) is 0 Å². The SMILES string of the molecule is O=C(c1ccccc1)c1cc2ccccc2cc1C(F)(F)F. The van der Waals surface area contributed by atoms with E-state index in [4.69, 9.17) is 0 Å². The van der Waals surface area contributed by atoms with Crippen molar-refractivity contribution in [3.05, 3.63) is 83.4 Å². The molecule has 0 atom stereocenters. The molecule has 1 nitrogen and oxygen atoms in total. The van der Waals surface area contributed by atoms with Crippen molar-refractivity contribution in [3.8, 4) is 0 Å². The summed E-state index contributed by atoms with van der Waals surface area (Å²) in [6, 6.07) is 17.0. The number of ketones is 1. The Balaban J connectivity index is 2.25. The fourth-order valence-corrected chi connectivity index (χ4v) is 2.41. The largest absolute Gasteiger partial charge is 0.417 e. The van der Waals surface area contributed by atoms with Gasteiger partial charge in [-0.25, -0.2) is 0 Å². The van der Waals surface area contributed by atoms with Crippen molar-refractivity contribution in [3.63, 3.8) is 0 Å². The second kappa shape index (κ2) is 5.30. The summed E-state index contributed by atoms with van der Waals surface area (Å²) in [6.45, 7) is 0. The Bertz CT molecular complexity index is 836. The molecular formula is C18H11F3O. The summed E-state index contributed by atoms with van der Waals surface area (Å²) < 4.78 is 39.9. The first-order valence-corrected chi connectivity index (χ1v) is 6.66. The third-order valence-corrected chi connectivity index (χ3v) is 3.47. The van der Waals surface area contributed by atoms with Crippen LogP contribution in [0.5, 0.6) is 0 Å². The summed E-state index contributed by atoms with van der Waals surface area (Å²) in [5.74, 6) is -0.626. The molecule has 0 bridgehead atoms. The van der Waals surface area contributed by atoms with E-state index in [1.165, 1.54) is 18.2 Å². The van der Waals surface area contributed by atoms with Gasteiger partial charge in [0.05, 0.1) is 5.56 Å². The molecule has 0 spiro atoms. The van der Waals surface area contributed by atoms with Crippen molar-refractivity contribution in [2.24, 2.45) is 0 Å². The highest BCUT2D eigenvalue weighted by atomic mass is 19.4. The molecule has 0 N–H and O–H groups in total. The molecule has 0 aliphatic carbocycles. The number of halogens is 3. The molecule has 3 aromatic rings. The lowest BCUT2D eigenvalue weighted by atomic mass is 9.94. The lowest BCUT2D eigenvalue weighted by Gasteiger charge is -2.14. The lowest BCUT2D eigenvalue weighted by molar-refractivity contribution is -0.137. The van der Waals surface area contributed by atoms with Crippen LogP contribution in [-0.2, 0) is 6.18 Å². The van der Waals surface area contributed by atoms with Crippen molar-refractivity contribution < 1.29 is 18.0 Å². The molecule has 0 aliphatic heterocycles. The summed E-state index contributed by atoms with van der Waals surface area (Å²) >= 11 is 0. The fraction of sp³-hybridized carbons (Fsp3) is 0.0556. The van der Waals surface area contributed by atoms with E-state index >= 15 is 0 Å². The molecule has 0 unspecified atom stereocenters. The highest BCUT2D eigenvalue weighted by molar-refractivity contribution is 6.11. The van der Waals surface area contributed by atoms with Gasteiger partial charge in [0.2, 0.25) is 0 Å². The molecule has 0 saturated carbocycles. The first-order chi connectivity index (χ1) is 10.5. The second-order valence-corrected chi connectivity index (χ2v) is 4.94. The summed E-state index contributed by atoms with van der Waals surface area (Å²) in [4.78, 5) is 12.5. The van der Waals surface area contributed by atoms with Gasteiger partial charge in [0.15, 0.2) is 5.78 Å². The molecule has 4 heteroatoms. The number of rotatable bonds is 2. The molecule has 110 valence electrons. The minimum atomic E-state index is -4.58. The van der Waals surface area contributed by atoms with E-state index in [2.05, 4.69) is 0 Å². The zero-order chi connectivity index (χ0) is 15.7. The second-order valence-electron chi connectivity index (χ2n) is 4.94. The van der Waals surface area contributed by atoms with Crippen LogP contribution in [0.25, 0.3) is 10.8 Å². The Morgan fingerprint density at radius 1 is 0.773 bits per heavy atom. The van der Waals surface area contributed by atoms with Gasteiger partial charge in [0.1, 0.15) is 0 Å². The topological polar surface area (TPSA) is 17.1 Å². The molecule has 22 heavy (non-hydrogen) atoms. The van der Waals surface area contributed by atoms with Gasteiger partial charge in [-0.15, -0.1) is 0 Å². The van der Waals surface area contributed by atoms with Crippen molar-refractivity contribution in [1.82, 2.24) is 0 Å². The standard InChI is InChI=1S/C18H11F3O/c19-18(20,21)16-11-14-9-5-4-8-13(14)10-15(16)17(22)12-6-2-1-3-7-12/h1-11H. The van der Waals surface area contributed by atoms with E-state index in [1.54, 1.807) is 42.5 Å². The van der Waals surface area contributed by atoms with Gasteiger partial charge in [-0.05, 0) is 22.9 Å². The van der Waals surface area contributed by atoms with Crippen LogP contribution in [0.4, 0.5) is 13.2 Å². The highest BCUT2D eigenvalue weighted by Crippen LogP contribution is 2.35. The predicted molar refractivity (Wildman–Crippen MR) is 78.8 cm³/mol. The Morgan fingerprint density at radius 3 is 1.91 bits per heavy atom. The maximum absolute atomic E-state index is 13.3. The van der Waals surface area contributed by atoms with E-state index in [1.807, 2.05) is 0 Å².